The van der Waals surface area contributed by atoms with E-state index in [9.17, 15) is 0 Å². The fourth-order valence-corrected chi connectivity index (χ4v) is 4.70. The van der Waals surface area contributed by atoms with Crippen LogP contribution in [0, 0.1) is 0 Å². The van der Waals surface area contributed by atoms with E-state index in [2.05, 4.69) is 11.9 Å². The van der Waals surface area contributed by atoms with Crippen LogP contribution in [0.4, 0.5) is 0 Å². The van der Waals surface area contributed by atoms with E-state index in [1.807, 2.05) is 43.2 Å². The molecule has 0 spiro atoms. The molecule has 0 fully saturated rings. The third-order valence-corrected chi connectivity index (χ3v) is 6.52. The highest BCUT2D eigenvalue weighted by Gasteiger charge is 1.98. The maximum absolute atomic E-state index is 5.42. The van der Waals surface area contributed by atoms with E-state index in [0.29, 0.717) is 0 Å². The first-order valence-corrected chi connectivity index (χ1v) is 10.4. The first-order chi connectivity index (χ1) is 7.81. The van der Waals surface area contributed by atoms with Crippen molar-refractivity contribution in [1.29, 1.82) is 0 Å². The lowest BCUT2D eigenvalue weighted by Gasteiger charge is -2.15. The van der Waals surface area contributed by atoms with E-state index in [0.717, 1.165) is 37.7 Å². The van der Waals surface area contributed by atoms with Gasteiger partial charge >= 0.3 is 0 Å². The molecule has 0 amide bonds. The van der Waals surface area contributed by atoms with Gasteiger partial charge in [-0.15, -0.1) is 0 Å². The summed E-state index contributed by atoms with van der Waals surface area (Å²) < 4.78 is 0. The van der Waals surface area contributed by atoms with Crippen LogP contribution in [-0.4, -0.2) is 61.1 Å². The topological polar surface area (TPSA) is 55.3 Å². The minimum atomic E-state index is 0.780. The molecule has 16 heavy (non-hydrogen) atoms. The van der Waals surface area contributed by atoms with E-state index in [4.69, 9.17) is 11.5 Å². The summed E-state index contributed by atoms with van der Waals surface area (Å²) in [4.78, 5) is 2.38. The minimum Gasteiger partial charge on any atom is -0.330 e. The fraction of sp³-hybridized carbons (Fsp3) is 1.00. The van der Waals surface area contributed by atoms with Gasteiger partial charge in [-0.3, -0.25) is 0 Å². The zero-order chi connectivity index (χ0) is 12.1. The second-order valence-corrected chi connectivity index (χ2v) is 8.57. The highest BCUT2D eigenvalue weighted by molar-refractivity contribution is 8.77. The van der Waals surface area contributed by atoms with Crippen molar-refractivity contribution < 1.29 is 0 Å². The average molecular weight is 302 g/mol. The van der Waals surface area contributed by atoms with Crippen LogP contribution in [0.3, 0.4) is 0 Å². The van der Waals surface area contributed by atoms with Gasteiger partial charge in [0, 0.05) is 49.2 Å². The summed E-state index contributed by atoms with van der Waals surface area (Å²) in [7, 11) is 9.77. The van der Waals surface area contributed by atoms with Gasteiger partial charge in [0.1, 0.15) is 0 Å². The van der Waals surface area contributed by atoms with Gasteiger partial charge in [-0.2, -0.15) is 0 Å². The predicted molar refractivity (Wildman–Crippen MR) is 85.4 cm³/mol. The van der Waals surface area contributed by atoms with Crippen molar-refractivity contribution in [3.8, 4) is 0 Å². The number of hydrogen-bond donors (Lipinski definition) is 2. The van der Waals surface area contributed by atoms with Crippen LogP contribution in [-0.2, 0) is 0 Å². The molecule has 0 unspecified atom stereocenters. The molecule has 0 aliphatic carbocycles. The first-order valence-electron chi connectivity index (χ1n) is 5.38. The quantitative estimate of drug-likeness (QED) is 0.419. The molecule has 0 bridgehead atoms. The van der Waals surface area contributed by atoms with E-state index >= 15 is 0 Å². The highest BCUT2D eigenvalue weighted by atomic mass is 33.1. The fourth-order valence-electron chi connectivity index (χ4n) is 0.830. The number of hydrogen-bond acceptors (Lipinski definition) is 7. The van der Waals surface area contributed by atoms with Crippen molar-refractivity contribution in [2.24, 2.45) is 11.5 Å². The zero-order valence-corrected chi connectivity index (χ0v) is 13.2. The molecule has 0 radical (unpaired) electrons. The van der Waals surface area contributed by atoms with Gasteiger partial charge in [-0.25, -0.2) is 0 Å². The molecular weight excluding hydrogens is 278 g/mol. The largest absolute Gasteiger partial charge is 0.330 e. The van der Waals surface area contributed by atoms with Crippen LogP contribution in [0.15, 0.2) is 0 Å². The van der Waals surface area contributed by atoms with Crippen LogP contribution in [0.2, 0.25) is 0 Å². The van der Waals surface area contributed by atoms with E-state index in [1.165, 1.54) is 11.5 Å². The Morgan fingerprint density at radius 2 is 1.12 bits per heavy atom. The van der Waals surface area contributed by atoms with Crippen molar-refractivity contribution in [1.82, 2.24) is 4.90 Å². The van der Waals surface area contributed by atoms with Gasteiger partial charge in [0.2, 0.25) is 0 Å². The van der Waals surface area contributed by atoms with Crippen molar-refractivity contribution >= 4 is 43.2 Å². The number of rotatable bonds is 12. The summed E-state index contributed by atoms with van der Waals surface area (Å²) in [5.74, 6) is 4.48. The molecule has 0 rings (SSSR count). The Bertz CT molecular complexity index is 126. The molecule has 0 aliphatic rings. The Kier molecular flexibility index (Phi) is 15.5. The Balaban J connectivity index is 3.09. The molecule has 0 aliphatic heterocycles. The second-order valence-electron chi connectivity index (χ2n) is 3.17. The third kappa shape index (κ3) is 13.3. The SMILES string of the molecule is CN(CCSSCCN)CCSSCCN. The van der Waals surface area contributed by atoms with E-state index < -0.39 is 0 Å². The normalized spacial score (nSPS) is 11.2. The smallest absolute Gasteiger partial charge is 0.0165 e. The maximum Gasteiger partial charge on any atom is 0.0165 e. The van der Waals surface area contributed by atoms with Crippen LogP contribution in [0.1, 0.15) is 0 Å². The summed E-state index contributed by atoms with van der Waals surface area (Å²) in [6.07, 6.45) is 0. The van der Waals surface area contributed by atoms with Gasteiger partial charge in [0.25, 0.3) is 0 Å². The molecule has 0 saturated carbocycles. The Labute approximate surface area is 115 Å². The monoisotopic (exact) mass is 301 g/mol. The summed E-state index contributed by atoms with van der Waals surface area (Å²) >= 11 is 0. The van der Waals surface area contributed by atoms with Crippen LogP contribution < -0.4 is 11.5 Å². The second kappa shape index (κ2) is 14.3. The lowest BCUT2D eigenvalue weighted by Crippen LogP contribution is -2.23. The van der Waals surface area contributed by atoms with Gasteiger partial charge < -0.3 is 16.4 Å². The molecule has 7 heteroatoms. The molecule has 0 aromatic heterocycles. The molecular formula is C9H23N3S4. The molecule has 3 nitrogen and oxygen atoms in total. The van der Waals surface area contributed by atoms with E-state index in [-0.39, 0.29) is 0 Å². The highest BCUT2D eigenvalue weighted by Crippen LogP contribution is 2.21. The number of nitrogens with two attached hydrogens (primary N) is 2. The standard InChI is InChI=1S/C9H23N3S4/c1-12(4-8-15-13-6-2-10)5-9-16-14-7-3-11/h2-11H2,1H3. The Morgan fingerprint density at radius 1 is 0.750 bits per heavy atom. The Hall–Kier alpha value is 1.28. The lowest BCUT2D eigenvalue weighted by atomic mass is 10.6. The van der Waals surface area contributed by atoms with Crippen molar-refractivity contribution in [2.45, 2.75) is 0 Å². The summed E-state index contributed by atoms with van der Waals surface area (Å²) in [6.45, 7) is 3.87. The molecule has 0 atom stereocenters. The minimum absolute atomic E-state index is 0.780. The maximum atomic E-state index is 5.42. The van der Waals surface area contributed by atoms with Crippen LogP contribution >= 0.6 is 43.2 Å². The summed E-state index contributed by atoms with van der Waals surface area (Å²) in [5, 5.41) is 0. The molecule has 98 valence electrons. The van der Waals surface area contributed by atoms with Crippen molar-refractivity contribution in [2.75, 3.05) is 56.2 Å². The van der Waals surface area contributed by atoms with Gasteiger partial charge in [0.15, 0.2) is 0 Å². The van der Waals surface area contributed by atoms with Crippen LogP contribution in [0.25, 0.3) is 0 Å². The van der Waals surface area contributed by atoms with Crippen molar-refractivity contribution in [3.63, 3.8) is 0 Å². The van der Waals surface area contributed by atoms with Gasteiger partial charge in [-0.1, -0.05) is 43.2 Å². The van der Waals surface area contributed by atoms with E-state index in [1.54, 1.807) is 0 Å². The third-order valence-electron chi connectivity index (χ3n) is 1.68. The number of nitrogens with zero attached hydrogens (tertiary/aromatic N) is 1. The molecule has 0 aromatic rings. The van der Waals surface area contributed by atoms with Crippen molar-refractivity contribution in [3.05, 3.63) is 0 Å². The summed E-state index contributed by atoms with van der Waals surface area (Å²) in [5.41, 5.74) is 10.8. The Morgan fingerprint density at radius 3 is 1.50 bits per heavy atom. The van der Waals surface area contributed by atoms with Crippen LogP contribution in [0.5, 0.6) is 0 Å². The first kappa shape index (κ1) is 17.3. The molecule has 0 heterocycles. The van der Waals surface area contributed by atoms with Gasteiger partial charge in [-0.05, 0) is 7.05 Å². The predicted octanol–water partition coefficient (Wildman–Crippen LogP) is 1.60. The summed E-state index contributed by atoms with van der Waals surface area (Å²) in [6, 6.07) is 0. The molecule has 4 N–H and O–H groups in total. The molecule has 0 aromatic carbocycles. The average Bonchev–Trinajstić information content (AvgIpc) is 2.28. The zero-order valence-electron chi connectivity index (χ0n) is 9.89. The molecule has 0 saturated heterocycles. The lowest BCUT2D eigenvalue weighted by molar-refractivity contribution is 0.380. The van der Waals surface area contributed by atoms with Gasteiger partial charge in [0.05, 0.1) is 0 Å².